The Bertz CT molecular complexity index is 416. The van der Waals surface area contributed by atoms with Crippen LogP contribution in [0.25, 0.3) is 0 Å². The molecule has 2 rings (SSSR count). The van der Waals surface area contributed by atoms with Gasteiger partial charge in [0.2, 0.25) is 0 Å². The molecule has 0 bridgehead atoms. The third-order valence-electron chi connectivity index (χ3n) is 3.29. The molecule has 2 nitrogen and oxygen atoms in total. The molecule has 0 aromatic heterocycles. The highest BCUT2D eigenvalue weighted by Crippen LogP contribution is 2.26. The smallest absolute Gasteiger partial charge is 0.0503 e. The van der Waals surface area contributed by atoms with Crippen molar-refractivity contribution < 1.29 is 4.21 Å². The van der Waals surface area contributed by atoms with Gasteiger partial charge >= 0.3 is 0 Å². The minimum Gasteiger partial charge on any atom is -0.399 e. The van der Waals surface area contributed by atoms with Crippen molar-refractivity contribution in [3.8, 4) is 0 Å². The Hall–Kier alpha value is -0.540. The van der Waals surface area contributed by atoms with E-state index in [1.807, 2.05) is 6.07 Å². The summed E-state index contributed by atoms with van der Waals surface area (Å²) in [5.41, 5.74) is 7.32. The predicted octanol–water partition coefficient (Wildman–Crippen LogP) is 3.50. The summed E-state index contributed by atoms with van der Waals surface area (Å²) in [5, 5.41) is 1.02. The van der Waals surface area contributed by atoms with Gasteiger partial charge in [-0.1, -0.05) is 30.9 Å². The van der Waals surface area contributed by atoms with Crippen molar-refractivity contribution in [1.29, 1.82) is 0 Å². The molecule has 1 fully saturated rings. The molecular weight excluding hydrogens is 254 g/mol. The molecule has 4 heteroatoms. The minimum absolute atomic E-state index is 0.348. The lowest BCUT2D eigenvalue weighted by molar-refractivity contribution is 0.504. The maximum Gasteiger partial charge on any atom is 0.0503 e. The summed E-state index contributed by atoms with van der Waals surface area (Å²) in [5.74, 6) is 0.536. The largest absolute Gasteiger partial charge is 0.399 e. The van der Waals surface area contributed by atoms with E-state index < -0.39 is 10.8 Å². The summed E-state index contributed by atoms with van der Waals surface area (Å²) >= 11 is 6.09. The van der Waals surface area contributed by atoms with Gasteiger partial charge in [0.1, 0.15) is 0 Å². The van der Waals surface area contributed by atoms with Gasteiger partial charge in [-0.3, -0.25) is 4.21 Å². The zero-order valence-corrected chi connectivity index (χ0v) is 11.4. The monoisotopic (exact) mass is 271 g/mol. The molecule has 1 aliphatic rings. The number of hydrogen-bond acceptors (Lipinski definition) is 2. The van der Waals surface area contributed by atoms with Gasteiger partial charge in [-0.2, -0.15) is 0 Å². The molecule has 1 saturated carbocycles. The molecule has 1 unspecified atom stereocenters. The molecule has 0 aliphatic heterocycles. The summed E-state index contributed by atoms with van der Waals surface area (Å²) in [4.78, 5) is 0. The van der Waals surface area contributed by atoms with E-state index in [4.69, 9.17) is 17.3 Å². The Kier molecular flexibility index (Phi) is 4.46. The van der Waals surface area contributed by atoms with Crippen molar-refractivity contribution in [3.63, 3.8) is 0 Å². The maximum absolute atomic E-state index is 12.2. The first kappa shape index (κ1) is 12.9. The van der Waals surface area contributed by atoms with Crippen LogP contribution in [0.15, 0.2) is 18.2 Å². The van der Waals surface area contributed by atoms with E-state index in [9.17, 15) is 4.21 Å². The molecule has 1 aliphatic carbocycles. The Morgan fingerprint density at radius 2 is 2.00 bits per heavy atom. The Morgan fingerprint density at radius 1 is 1.29 bits per heavy atom. The second kappa shape index (κ2) is 5.87. The topological polar surface area (TPSA) is 43.1 Å². The van der Waals surface area contributed by atoms with E-state index in [1.54, 1.807) is 12.1 Å². The number of nitrogens with two attached hydrogens (primary N) is 1. The summed E-state index contributed by atoms with van der Waals surface area (Å²) in [6, 6.07) is 5.39. The van der Waals surface area contributed by atoms with Crippen LogP contribution in [0.2, 0.25) is 5.02 Å². The third-order valence-corrected chi connectivity index (χ3v) is 5.47. The van der Waals surface area contributed by atoms with Crippen LogP contribution in [0, 0.1) is 0 Å². The Balaban J connectivity index is 2.04. The fourth-order valence-corrected chi connectivity index (χ4v) is 4.21. The quantitative estimate of drug-likeness (QED) is 0.855. The lowest BCUT2D eigenvalue weighted by Crippen LogP contribution is -2.19. The zero-order chi connectivity index (χ0) is 12.3. The summed E-state index contributed by atoms with van der Waals surface area (Å²) < 4.78 is 12.2. The van der Waals surface area contributed by atoms with Crippen LogP contribution in [-0.2, 0) is 16.6 Å². The van der Waals surface area contributed by atoms with E-state index in [1.165, 1.54) is 19.3 Å². The number of anilines is 1. The van der Waals surface area contributed by atoms with Gasteiger partial charge < -0.3 is 5.73 Å². The van der Waals surface area contributed by atoms with E-state index in [2.05, 4.69) is 0 Å². The first-order valence-electron chi connectivity index (χ1n) is 6.08. The normalized spacial score (nSPS) is 19.1. The highest BCUT2D eigenvalue weighted by Gasteiger charge is 2.20. The number of nitrogen functional groups attached to an aromatic ring is 1. The standard InChI is InChI=1S/C13H18ClNOS/c14-13-7-6-11(15)8-10(13)9-17(16)12-4-2-1-3-5-12/h6-8,12H,1-5,9,15H2. The minimum atomic E-state index is -0.816. The van der Waals surface area contributed by atoms with Crippen molar-refractivity contribution >= 4 is 28.1 Å². The average Bonchev–Trinajstić information content (AvgIpc) is 2.35. The van der Waals surface area contributed by atoms with E-state index in [-0.39, 0.29) is 0 Å². The van der Waals surface area contributed by atoms with Crippen molar-refractivity contribution in [1.82, 2.24) is 0 Å². The first-order chi connectivity index (χ1) is 8.16. The van der Waals surface area contributed by atoms with Gasteiger partial charge in [-0.25, -0.2) is 0 Å². The molecule has 0 heterocycles. The molecule has 1 aromatic rings. The predicted molar refractivity (Wildman–Crippen MR) is 74.6 cm³/mol. The second-order valence-electron chi connectivity index (χ2n) is 4.64. The third kappa shape index (κ3) is 3.46. The van der Waals surface area contributed by atoms with Crippen LogP contribution < -0.4 is 5.73 Å². The number of benzene rings is 1. The fraction of sp³-hybridized carbons (Fsp3) is 0.538. The molecular formula is C13H18ClNOS. The molecule has 2 N–H and O–H groups in total. The highest BCUT2D eigenvalue weighted by molar-refractivity contribution is 7.84. The molecule has 0 saturated heterocycles. The maximum atomic E-state index is 12.2. The molecule has 1 atom stereocenters. The molecule has 17 heavy (non-hydrogen) atoms. The molecule has 94 valence electrons. The Morgan fingerprint density at radius 3 is 2.71 bits per heavy atom. The van der Waals surface area contributed by atoms with Gasteiger partial charge in [-0.05, 0) is 36.6 Å². The van der Waals surface area contributed by atoms with Crippen LogP contribution in [0.3, 0.4) is 0 Å². The van der Waals surface area contributed by atoms with E-state index in [0.717, 1.165) is 18.4 Å². The van der Waals surface area contributed by atoms with Crippen molar-refractivity contribution in [2.75, 3.05) is 5.73 Å². The van der Waals surface area contributed by atoms with Gasteiger partial charge in [-0.15, -0.1) is 0 Å². The van der Waals surface area contributed by atoms with Gasteiger partial charge in [0.05, 0.1) is 5.75 Å². The number of halogens is 1. The van der Waals surface area contributed by atoms with Crippen LogP contribution in [-0.4, -0.2) is 9.46 Å². The van der Waals surface area contributed by atoms with Crippen LogP contribution in [0.5, 0.6) is 0 Å². The van der Waals surface area contributed by atoms with Gasteiger partial charge in [0, 0.05) is 26.8 Å². The van der Waals surface area contributed by atoms with Crippen LogP contribution >= 0.6 is 11.6 Å². The van der Waals surface area contributed by atoms with Crippen molar-refractivity contribution in [3.05, 3.63) is 28.8 Å². The van der Waals surface area contributed by atoms with Gasteiger partial charge in [0.25, 0.3) is 0 Å². The molecule has 0 amide bonds. The number of rotatable bonds is 3. The Labute approximate surface area is 110 Å². The summed E-state index contributed by atoms with van der Waals surface area (Å²) in [6.07, 6.45) is 5.88. The SMILES string of the molecule is Nc1ccc(Cl)c(CS(=O)C2CCCCC2)c1. The second-order valence-corrected chi connectivity index (χ2v) is 6.76. The van der Waals surface area contributed by atoms with E-state index >= 15 is 0 Å². The zero-order valence-electron chi connectivity index (χ0n) is 9.82. The highest BCUT2D eigenvalue weighted by atomic mass is 35.5. The molecule has 0 radical (unpaired) electrons. The average molecular weight is 272 g/mol. The summed E-state index contributed by atoms with van der Waals surface area (Å²) in [7, 11) is -0.816. The molecule has 1 aromatic carbocycles. The van der Waals surface area contributed by atoms with Crippen LogP contribution in [0.4, 0.5) is 5.69 Å². The fourth-order valence-electron chi connectivity index (χ4n) is 2.30. The van der Waals surface area contributed by atoms with Crippen molar-refractivity contribution in [2.24, 2.45) is 0 Å². The first-order valence-corrected chi connectivity index (χ1v) is 7.84. The lowest BCUT2D eigenvalue weighted by Gasteiger charge is -2.21. The molecule has 0 spiro atoms. The summed E-state index contributed by atoms with van der Waals surface area (Å²) in [6.45, 7) is 0. The van der Waals surface area contributed by atoms with Crippen LogP contribution in [0.1, 0.15) is 37.7 Å². The van der Waals surface area contributed by atoms with Gasteiger partial charge in [0.15, 0.2) is 0 Å². The lowest BCUT2D eigenvalue weighted by atomic mass is 10.0. The number of hydrogen-bond donors (Lipinski definition) is 1. The van der Waals surface area contributed by atoms with E-state index in [0.29, 0.717) is 21.7 Å². The van der Waals surface area contributed by atoms with Crippen molar-refractivity contribution in [2.45, 2.75) is 43.1 Å².